The van der Waals surface area contributed by atoms with Gasteiger partial charge in [-0.2, -0.15) is 8.42 Å². The Kier molecular flexibility index (Phi) is 10.3. The smallest absolute Gasteiger partial charge is 0.267 e. The Balaban J connectivity index is 0.000000380. The fraction of sp³-hybridized carbons (Fsp3) is 0.219. The van der Waals surface area contributed by atoms with Crippen LogP contribution in [0.5, 0.6) is 17.4 Å². The lowest BCUT2D eigenvalue weighted by molar-refractivity contribution is 0.107. The summed E-state index contributed by atoms with van der Waals surface area (Å²) in [5.41, 5.74) is 7.38. The van der Waals surface area contributed by atoms with Gasteiger partial charge < -0.3 is 34.6 Å². The molecule has 0 fully saturated rings. The average molecular weight is 680 g/mol. The number of hydrogen-bond acceptors (Lipinski definition) is 11. The van der Waals surface area contributed by atoms with Gasteiger partial charge in [0.05, 0.1) is 33.5 Å². The second-order valence-corrected chi connectivity index (χ2v) is 11.8. The molecule has 4 heterocycles. The van der Waals surface area contributed by atoms with Gasteiger partial charge in [0.25, 0.3) is 10.1 Å². The van der Waals surface area contributed by atoms with E-state index >= 15 is 0 Å². The van der Waals surface area contributed by atoms with Crippen LogP contribution in [0.15, 0.2) is 90.9 Å². The van der Waals surface area contributed by atoms with E-state index in [-0.39, 0.29) is 11.8 Å². The van der Waals surface area contributed by atoms with Crippen LogP contribution >= 0.6 is 0 Å². The summed E-state index contributed by atoms with van der Waals surface area (Å²) in [4.78, 5) is 8.86. The molecule has 48 heavy (non-hydrogen) atoms. The van der Waals surface area contributed by atoms with E-state index in [0.717, 1.165) is 17.5 Å². The van der Waals surface area contributed by atoms with Gasteiger partial charge in [-0.1, -0.05) is 36.4 Å². The molecule has 6 rings (SSSR count). The van der Waals surface area contributed by atoms with Crippen molar-refractivity contribution in [3.8, 4) is 34.6 Å². The van der Waals surface area contributed by atoms with Crippen molar-refractivity contribution in [2.45, 2.75) is 12.1 Å². The number of aromatic nitrogens is 5. The molecule has 0 amide bonds. The Morgan fingerprint density at radius 1 is 0.979 bits per heavy atom. The standard InChI is InChI=1S/C24H26FN5O7S.C8H8N2/c1-34-18-8-6-9-19(35-2)22(18)30-23(16-7-5-10-21(26-16)37-4)27-28-24(30)29-13-15(25)11-12-17(29)20(36-3)14-38(31,32)33;9-8-5-6-3-1-2-4-7(6)10-8/h5-13,17,20H,14H2,1-4H3,(H,31,32,33);1-5,10H,9H2/t17?,20-;/m1./s1. The van der Waals surface area contributed by atoms with E-state index in [4.69, 9.17) is 24.7 Å². The quantitative estimate of drug-likeness (QED) is 0.175. The number of aromatic amines is 1. The SMILES string of the molecule is COc1cccc(-c2nnc(N3C=C(F)C=CC3[C@@H](CS(=O)(=O)O)OC)n2-c2c(OC)cccc2OC)n1.Nc1cc2ccccc2[nH]1. The molecule has 0 saturated heterocycles. The van der Waals surface area contributed by atoms with Crippen molar-refractivity contribution in [3.05, 3.63) is 90.9 Å². The zero-order chi connectivity index (χ0) is 34.4. The number of nitrogens with zero attached hydrogens (tertiary/aromatic N) is 5. The highest BCUT2D eigenvalue weighted by atomic mass is 32.2. The molecule has 0 spiro atoms. The summed E-state index contributed by atoms with van der Waals surface area (Å²) < 4.78 is 71.0. The van der Waals surface area contributed by atoms with Crippen LogP contribution in [0.3, 0.4) is 0 Å². The Bertz CT molecular complexity index is 2010. The number of halogens is 1. The lowest BCUT2D eigenvalue weighted by Gasteiger charge is -2.34. The zero-order valence-corrected chi connectivity index (χ0v) is 27.3. The van der Waals surface area contributed by atoms with Crippen LogP contribution < -0.4 is 24.8 Å². The molecule has 3 aromatic heterocycles. The number of ether oxygens (including phenoxy) is 4. The number of hydrogen-bond donors (Lipinski definition) is 3. The van der Waals surface area contributed by atoms with E-state index in [1.807, 2.05) is 30.3 Å². The van der Waals surface area contributed by atoms with Crippen molar-refractivity contribution in [1.29, 1.82) is 0 Å². The Hall–Kier alpha value is -5.45. The molecule has 0 saturated carbocycles. The van der Waals surface area contributed by atoms with E-state index < -0.39 is 33.8 Å². The molecule has 1 unspecified atom stereocenters. The Labute approximate surface area is 276 Å². The summed E-state index contributed by atoms with van der Waals surface area (Å²) in [6, 6.07) is 19.2. The van der Waals surface area contributed by atoms with Gasteiger partial charge in [-0.3, -0.25) is 9.12 Å². The third kappa shape index (κ3) is 7.41. The fourth-order valence-corrected chi connectivity index (χ4v) is 5.92. The number of benzene rings is 2. The number of fused-ring (bicyclic) bond motifs is 1. The molecule has 5 aromatic rings. The molecular formula is C32H34FN7O7S. The van der Waals surface area contributed by atoms with E-state index in [1.54, 1.807) is 41.0 Å². The molecule has 0 bridgehead atoms. The molecule has 16 heteroatoms. The van der Waals surface area contributed by atoms with Crippen LogP contribution in [0, 0.1) is 0 Å². The first-order chi connectivity index (χ1) is 23.1. The number of nitrogen functional groups attached to an aromatic ring is 1. The monoisotopic (exact) mass is 679 g/mol. The molecular weight excluding hydrogens is 645 g/mol. The minimum atomic E-state index is -4.44. The minimum absolute atomic E-state index is 0.0642. The van der Waals surface area contributed by atoms with Crippen LogP contribution in [0.2, 0.25) is 0 Å². The largest absolute Gasteiger partial charge is 0.494 e. The van der Waals surface area contributed by atoms with Gasteiger partial charge in [-0.25, -0.2) is 9.37 Å². The van der Waals surface area contributed by atoms with Gasteiger partial charge in [0.2, 0.25) is 11.8 Å². The van der Waals surface area contributed by atoms with Crippen LogP contribution in [0.25, 0.3) is 28.1 Å². The summed E-state index contributed by atoms with van der Waals surface area (Å²) in [5, 5.41) is 9.84. The van der Waals surface area contributed by atoms with Crippen molar-refractivity contribution in [1.82, 2.24) is 24.7 Å². The summed E-state index contributed by atoms with van der Waals surface area (Å²) in [6.07, 6.45) is 2.61. The Morgan fingerprint density at radius 3 is 2.33 bits per heavy atom. The van der Waals surface area contributed by atoms with E-state index in [9.17, 15) is 17.4 Å². The van der Waals surface area contributed by atoms with E-state index in [2.05, 4.69) is 20.2 Å². The van der Waals surface area contributed by atoms with Gasteiger partial charge in [0.15, 0.2) is 5.82 Å². The number of para-hydroxylation sites is 2. The maximum Gasteiger partial charge on any atom is 0.267 e. The lowest BCUT2D eigenvalue weighted by atomic mass is 10.1. The third-order valence-corrected chi connectivity index (χ3v) is 8.06. The molecule has 0 aliphatic carbocycles. The molecule has 0 radical (unpaired) electrons. The summed E-state index contributed by atoms with van der Waals surface area (Å²) >= 11 is 0. The molecule has 2 atom stereocenters. The van der Waals surface area contributed by atoms with Crippen molar-refractivity contribution in [2.75, 3.05) is 44.8 Å². The zero-order valence-electron chi connectivity index (χ0n) is 26.4. The first kappa shape index (κ1) is 33.9. The van der Waals surface area contributed by atoms with E-state index in [0.29, 0.717) is 28.8 Å². The predicted molar refractivity (Wildman–Crippen MR) is 179 cm³/mol. The number of H-pyrrole nitrogens is 1. The van der Waals surface area contributed by atoms with Crippen molar-refractivity contribution in [3.63, 3.8) is 0 Å². The highest BCUT2D eigenvalue weighted by molar-refractivity contribution is 7.85. The number of rotatable bonds is 10. The predicted octanol–water partition coefficient (Wildman–Crippen LogP) is 4.56. The van der Waals surface area contributed by atoms with Gasteiger partial charge in [0.1, 0.15) is 40.3 Å². The fourth-order valence-electron chi connectivity index (χ4n) is 5.17. The van der Waals surface area contributed by atoms with Crippen molar-refractivity contribution in [2.24, 2.45) is 0 Å². The van der Waals surface area contributed by atoms with Gasteiger partial charge >= 0.3 is 0 Å². The molecule has 252 valence electrons. The molecule has 14 nitrogen and oxygen atoms in total. The molecule has 1 aliphatic rings. The number of nitrogens with one attached hydrogen (secondary N) is 1. The van der Waals surface area contributed by atoms with Crippen molar-refractivity contribution < 1.29 is 36.3 Å². The second kappa shape index (κ2) is 14.5. The highest BCUT2D eigenvalue weighted by Gasteiger charge is 2.35. The van der Waals surface area contributed by atoms with Gasteiger partial charge in [0, 0.05) is 30.3 Å². The summed E-state index contributed by atoms with van der Waals surface area (Å²) in [6.45, 7) is 0. The van der Waals surface area contributed by atoms with Crippen molar-refractivity contribution >= 4 is 32.8 Å². The highest BCUT2D eigenvalue weighted by Crippen LogP contribution is 2.39. The topological polar surface area (TPSA) is 180 Å². The maximum absolute atomic E-state index is 14.6. The van der Waals surface area contributed by atoms with Crippen LogP contribution in [-0.4, -0.2) is 84.0 Å². The van der Waals surface area contributed by atoms with Crippen LogP contribution in [0.1, 0.15) is 0 Å². The van der Waals surface area contributed by atoms with Gasteiger partial charge in [-0.05, 0) is 36.4 Å². The summed E-state index contributed by atoms with van der Waals surface area (Å²) in [5.74, 6) is 0.714. The van der Waals surface area contributed by atoms with Crippen LogP contribution in [0.4, 0.5) is 16.2 Å². The molecule has 4 N–H and O–H groups in total. The summed E-state index contributed by atoms with van der Waals surface area (Å²) in [7, 11) is 1.28. The van der Waals surface area contributed by atoms with Crippen LogP contribution in [-0.2, 0) is 14.9 Å². The Morgan fingerprint density at radius 2 is 1.69 bits per heavy atom. The number of pyridine rings is 1. The first-order valence-electron chi connectivity index (χ1n) is 14.4. The maximum atomic E-state index is 14.6. The molecule has 2 aromatic carbocycles. The lowest BCUT2D eigenvalue weighted by Crippen LogP contribution is -2.46. The minimum Gasteiger partial charge on any atom is -0.494 e. The molecule has 1 aliphatic heterocycles. The number of anilines is 2. The second-order valence-electron chi connectivity index (χ2n) is 10.3. The number of nitrogens with two attached hydrogens (primary N) is 1. The number of allylic oxidation sites excluding steroid dienone is 2. The third-order valence-electron chi connectivity index (χ3n) is 7.31. The first-order valence-corrected chi connectivity index (χ1v) is 16.0. The number of methoxy groups -OCH3 is 4. The average Bonchev–Trinajstić information content (AvgIpc) is 3.69. The van der Waals surface area contributed by atoms with E-state index in [1.165, 1.54) is 50.9 Å². The van der Waals surface area contributed by atoms with Gasteiger partial charge in [-0.15, -0.1) is 10.2 Å². The normalized spacial score (nSPS) is 15.0.